The second-order valence-corrected chi connectivity index (χ2v) is 9.43. The van der Waals surface area contributed by atoms with Gasteiger partial charge in [0.05, 0.1) is 0 Å². The highest BCUT2D eigenvalue weighted by Crippen LogP contribution is 2.27. The van der Waals surface area contributed by atoms with Crippen LogP contribution in [0.15, 0.2) is 42.5 Å². The van der Waals surface area contributed by atoms with Crippen LogP contribution >= 0.6 is 23.2 Å². The predicted octanol–water partition coefficient (Wildman–Crippen LogP) is 6.38. The zero-order valence-electron chi connectivity index (χ0n) is 19.6. The third-order valence-corrected chi connectivity index (χ3v) is 6.54. The minimum Gasteiger partial charge on any atom is -0.352 e. The summed E-state index contributed by atoms with van der Waals surface area (Å²) >= 11 is 12.7. The number of aryl methyl sites for hydroxylation is 1. The van der Waals surface area contributed by atoms with Crippen molar-refractivity contribution in [2.75, 3.05) is 0 Å². The van der Waals surface area contributed by atoms with Gasteiger partial charge in [-0.25, -0.2) is 0 Å². The SMILES string of the molecule is CC[C@H](C)NC(=O)[C@@H](C)N(Cc1c(Cl)cccc1Cl)C(=O)CCc1ccc(C(C)C)cc1. The first-order valence-corrected chi connectivity index (χ1v) is 12.0. The van der Waals surface area contributed by atoms with Crippen molar-refractivity contribution in [2.24, 2.45) is 0 Å². The second-order valence-electron chi connectivity index (χ2n) is 8.61. The first kappa shape index (κ1) is 26.2. The molecule has 0 saturated carbocycles. The Bertz CT molecular complexity index is 892. The Morgan fingerprint density at radius 1 is 0.969 bits per heavy atom. The van der Waals surface area contributed by atoms with E-state index in [-0.39, 0.29) is 24.4 Å². The van der Waals surface area contributed by atoms with Crippen molar-refractivity contribution in [1.29, 1.82) is 0 Å². The van der Waals surface area contributed by atoms with Gasteiger partial charge in [0.25, 0.3) is 0 Å². The normalized spacial score (nSPS) is 13.0. The van der Waals surface area contributed by atoms with Crippen LogP contribution in [0.3, 0.4) is 0 Å². The third kappa shape index (κ3) is 7.25. The van der Waals surface area contributed by atoms with Crippen LogP contribution in [-0.2, 0) is 22.6 Å². The molecular weight excluding hydrogens is 443 g/mol. The Hall–Kier alpha value is -2.04. The average molecular weight is 477 g/mol. The molecule has 0 saturated heterocycles. The molecule has 0 unspecified atom stereocenters. The van der Waals surface area contributed by atoms with Crippen molar-refractivity contribution in [3.05, 3.63) is 69.2 Å². The fourth-order valence-electron chi connectivity index (χ4n) is 3.37. The maximum absolute atomic E-state index is 13.3. The molecule has 0 fully saturated rings. The summed E-state index contributed by atoms with van der Waals surface area (Å²) in [6, 6.07) is 13.0. The standard InChI is InChI=1S/C26H34Cl2N2O2/c1-6-18(4)29-26(32)19(5)30(16-22-23(27)8-7-9-24(22)28)25(31)15-12-20-10-13-21(14-11-20)17(2)3/h7-11,13-14,17-19H,6,12,15-16H2,1-5H3,(H,29,32)/t18-,19+/m0/s1. The van der Waals surface area contributed by atoms with Gasteiger partial charge in [0.15, 0.2) is 0 Å². The molecule has 2 amide bonds. The number of nitrogens with zero attached hydrogens (tertiary/aromatic N) is 1. The van der Waals surface area contributed by atoms with Gasteiger partial charge in [-0.2, -0.15) is 0 Å². The fraction of sp³-hybridized carbons (Fsp3) is 0.462. The highest BCUT2D eigenvalue weighted by Gasteiger charge is 2.27. The number of benzene rings is 2. The predicted molar refractivity (Wildman–Crippen MR) is 133 cm³/mol. The summed E-state index contributed by atoms with van der Waals surface area (Å²) in [5, 5.41) is 3.93. The lowest BCUT2D eigenvalue weighted by molar-refractivity contribution is -0.140. The quantitative estimate of drug-likeness (QED) is 0.432. The number of nitrogens with one attached hydrogen (secondary N) is 1. The molecule has 0 radical (unpaired) electrons. The van der Waals surface area contributed by atoms with E-state index in [1.54, 1.807) is 30.0 Å². The summed E-state index contributed by atoms with van der Waals surface area (Å²) in [6.07, 6.45) is 1.71. The van der Waals surface area contributed by atoms with Gasteiger partial charge in [-0.3, -0.25) is 9.59 Å². The van der Waals surface area contributed by atoms with Crippen LogP contribution < -0.4 is 5.32 Å². The molecular formula is C26H34Cl2N2O2. The van der Waals surface area contributed by atoms with E-state index in [1.807, 2.05) is 13.8 Å². The smallest absolute Gasteiger partial charge is 0.242 e. The van der Waals surface area contributed by atoms with E-state index in [0.717, 1.165) is 12.0 Å². The number of carbonyl (C=O) groups excluding carboxylic acids is 2. The van der Waals surface area contributed by atoms with E-state index < -0.39 is 6.04 Å². The molecule has 0 aliphatic heterocycles. The van der Waals surface area contributed by atoms with Gasteiger partial charge in [-0.05, 0) is 55.9 Å². The van der Waals surface area contributed by atoms with Gasteiger partial charge in [0.2, 0.25) is 11.8 Å². The topological polar surface area (TPSA) is 49.4 Å². The number of amides is 2. The molecule has 2 rings (SSSR count). The lowest BCUT2D eigenvalue weighted by Gasteiger charge is -2.30. The Morgan fingerprint density at radius 3 is 2.09 bits per heavy atom. The molecule has 2 aromatic rings. The average Bonchev–Trinajstić information content (AvgIpc) is 2.77. The largest absolute Gasteiger partial charge is 0.352 e. The Morgan fingerprint density at radius 2 is 1.56 bits per heavy atom. The van der Waals surface area contributed by atoms with Crippen LogP contribution in [0.4, 0.5) is 0 Å². The summed E-state index contributed by atoms with van der Waals surface area (Å²) in [5.41, 5.74) is 3.01. The highest BCUT2D eigenvalue weighted by atomic mass is 35.5. The highest BCUT2D eigenvalue weighted by molar-refractivity contribution is 6.36. The Kier molecular flexibility index (Phi) is 10.0. The zero-order valence-corrected chi connectivity index (χ0v) is 21.1. The van der Waals surface area contributed by atoms with Crippen LogP contribution in [0.2, 0.25) is 10.0 Å². The monoisotopic (exact) mass is 476 g/mol. The van der Waals surface area contributed by atoms with Gasteiger partial charge in [-0.15, -0.1) is 0 Å². The van der Waals surface area contributed by atoms with Crippen molar-refractivity contribution >= 4 is 35.0 Å². The molecule has 2 atom stereocenters. The molecule has 0 heterocycles. The lowest BCUT2D eigenvalue weighted by atomic mass is 10.00. The van der Waals surface area contributed by atoms with Crippen molar-refractivity contribution < 1.29 is 9.59 Å². The van der Waals surface area contributed by atoms with E-state index in [4.69, 9.17) is 23.2 Å². The summed E-state index contributed by atoms with van der Waals surface area (Å²) in [7, 11) is 0. The maximum Gasteiger partial charge on any atom is 0.242 e. The first-order valence-electron chi connectivity index (χ1n) is 11.3. The van der Waals surface area contributed by atoms with Crippen LogP contribution in [0, 0.1) is 0 Å². The van der Waals surface area contributed by atoms with Crippen LogP contribution in [0.5, 0.6) is 0 Å². The van der Waals surface area contributed by atoms with Crippen molar-refractivity contribution in [1.82, 2.24) is 10.2 Å². The second kappa shape index (κ2) is 12.3. The summed E-state index contributed by atoms with van der Waals surface area (Å²) in [4.78, 5) is 27.7. The van der Waals surface area contributed by atoms with Gasteiger partial charge in [0, 0.05) is 34.6 Å². The number of hydrogen-bond acceptors (Lipinski definition) is 2. The van der Waals surface area contributed by atoms with Gasteiger partial charge in [0.1, 0.15) is 6.04 Å². The Balaban J connectivity index is 2.20. The van der Waals surface area contributed by atoms with Crippen molar-refractivity contribution in [3.8, 4) is 0 Å². The van der Waals surface area contributed by atoms with E-state index in [2.05, 4.69) is 43.4 Å². The molecule has 1 N–H and O–H groups in total. The minimum absolute atomic E-state index is 0.0327. The van der Waals surface area contributed by atoms with Gasteiger partial charge >= 0.3 is 0 Å². The zero-order chi connectivity index (χ0) is 23.8. The lowest BCUT2D eigenvalue weighted by Crippen LogP contribution is -2.49. The molecule has 4 nitrogen and oxygen atoms in total. The number of hydrogen-bond donors (Lipinski definition) is 1. The number of halogens is 2. The molecule has 0 aliphatic rings. The maximum atomic E-state index is 13.3. The van der Waals surface area contributed by atoms with E-state index in [9.17, 15) is 9.59 Å². The number of rotatable bonds is 10. The van der Waals surface area contributed by atoms with E-state index >= 15 is 0 Å². The van der Waals surface area contributed by atoms with Gasteiger partial charge in [-0.1, -0.05) is 74.3 Å². The fourth-order valence-corrected chi connectivity index (χ4v) is 3.88. The van der Waals surface area contributed by atoms with Gasteiger partial charge < -0.3 is 10.2 Å². The van der Waals surface area contributed by atoms with Crippen LogP contribution in [0.25, 0.3) is 0 Å². The molecule has 32 heavy (non-hydrogen) atoms. The number of carbonyl (C=O) groups is 2. The summed E-state index contributed by atoms with van der Waals surface area (Å²) in [6.45, 7) is 10.2. The molecule has 174 valence electrons. The van der Waals surface area contributed by atoms with E-state index in [1.165, 1.54) is 5.56 Å². The molecule has 0 aliphatic carbocycles. The summed E-state index contributed by atoms with van der Waals surface area (Å²) < 4.78 is 0. The molecule has 0 aromatic heterocycles. The molecule has 0 spiro atoms. The summed E-state index contributed by atoms with van der Waals surface area (Å²) in [5.74, 6) is 0.171. The minimum atomic E-state index is -0.646. The third-order valence-electron chi connectivity index (χ3n) is 5.83. The van der Waals surface area contributed by atoms with E-state index in [0.29, 0.717) is 34.4 Å². The molecule has 6 heteroatoms. The van der Waals surface area contributed by atoms with Crippen LogP contribution in [0.1, 0.15) is 70.1 Å². The van der Waals surface area contributed by atoms with Crippen LogP contribution in [-0.4, -0.2) is 28.8 Å². The molecule has 0 bridgehead atoms. The Labute approximate surface area is 202 Å². The first-order chi connectivity index (χ1) is 15.1. The van der Waals surface area contributed by atoms with Crippen molar-refractivity contribution in [3.63, 3.8) is 0 Å². The van der Waals surface area contributed by atoms with Crippen molar-refractivity contribution in [2.45, 2.75) is 78.4 Å². The molecule has 2 aromatic carbocycles.